The minimum atomic E-state index is 0.112. The highest BCUT2D eigenvalue weighted by atomic mass is 32.2. The minimum Gasteiger partial charge on any atom is -0.431 e. The number of thioether (sulfide) groups is 1. The van der Waals surface area contributed by atoms with E-state index in [0.717, 1.165) is 11.1 Å². The smallest absolute Gasteiger partial charge is 0.257 e. The molecule has 0 radical (unpaired) electrons. The zero-order chi connectivity index (χ0) is 13.2. The zero-order valence-electron chi connectivity index (χ0n) is 9.78. The van der Waals surface area contributed by atoms with E-state index in [1.54, 1.807) is 0 Å². The summed E-state index contributed by atoms with van der Waals surface area (Å²) < 4.78 is 5.57. The van der Waals surface area contributed by atoms with Crippen molar-refractivity contribution in [3.05, 3.63) is 30.1 Å². The highest BCUT2D eigenvalue weighted by Crippen LogP contribution is 2.25. The van der Waals surface area contributed by atoms with Gasteiger partial charge in [0.15, 0.2) is 5.58 Å². The maximum absolute atomic E-state index is 5.57. The molecule has 0 atom stereocenters. The number of nitrogens with two attached hydrogens (primary N) is 2. The third-order valence-corrected chi connectivity index (χ3v) is 3.14. The molecule has 3 rings (SSSR count). The number of aromatic nitrogens is 4. The summed E-state index contributed by atoms with van der Waals surface area (Å²) >= 11 is 1.37. The Kier molecular flexibility index (Phi) is 2.92. The Hall–Kier alpha value is -2.35. The molecule has 0 bridgehead atoms. The van der Waals surface area contributed by atoms with E-state index in [-0.39, 0.29) is 11.9 Å². The molecule has 3 aromatic rings. The Labute approximate surface area is 112 Å². The second kappa shape index (κ2) is 4.73. The first-order valence-corrected chi connectivity index (χ1v) is 6.43. The number of hydrogen-bond donors (Lipinski definition) is 2. The molecule has 0 saturated carbocycles. The monoisotopic (exact) mass is 274 g/mol. The number of benzene rings is 1. The lowest BCUT2D eigenvalue weighted by atomic mass is 10.3. The van der Waals surface area contributed by atoms with Crippen molar-refractivity contribution in [2.24, 2.45) is 0 Å². The lowest BCUT2D eigenvalue weighted by Gasteiger charge is -1.99. The van der Waals surface area contributed by atoms with E-state index in [1.165, 1.54) is 11.8 Å². The van der Waals surface area contributed by atoms with Crippen molar-refractivity contribution in [2.45, 2.75) is 11.0 Å². The number of nitrogen functional groups attached to an aromatic ring is 2. The van der Waals surface area contributed by atoms with Crippen molar-refractivity contribution < 1.29 is 4.42 Å². The number of rotatable bonds is 3. The second-order valence-electron chi connectivity index (χ2n) is 3.70. The molecule has 1 aromatic carbocycles. The van der Waals surface area contributed by atoms with E-state index >= 15 is 0 Å². The van der Waals surface area contributed by atoms with Crippen LogP contribution in [0.1, 0.15) is 5.82 Å². The molecular formula is C11H10N6OS. The number of oxazole rings is 1. The first-order valence-electron chi connectivity index (χ1n) is 5.45. The molecule has 2 heterocycles. The fourth-order valence-electron chi connectivity index (χ4n) is 1.56. The summed E-state index contributed by atoms with van der Waals surface area (Å²) in [7, 11) is 0. The molecular weight excluding hydrogens is 264 g/mol. The molecule has 2 aromatic heterocycles. The van der Waals surface area contributed by atoms with Crippen LogP contribution in [0.4, 0.5) is 11.9 Å². The SMILES string of the molecule is Nc1nc(N)nc(CSc2nc3ccccc3o2)n1. The van der Waals surface area contributed by atoms with Crippen LogP contribution in [0, 0.1) is 0 Å². The summed E-state index contributed by atoms with van der Waals surface area (Å²) in [5.41, 5.74) is 12.6. The Balaban J connectivity index is 1.78. The molecule has 0 spiro atoms. The van der Waals surface area contributed by atoms with Crippen molar-refractivity contribution in [3.63, 3.8) is 0 Å². The van der Waals surface area contributed by atoms with Gasteiger partial charge in [-0.1, -0.05) is 23.9 Å². The summed E-state index contributed by atoms with van der Waals surface area (Å²) in [6.45, 7) is 0. The van der Waals surface area contributed by atoms with Gasteiger partial charge in [0.25, 0.3) is 5.22 Å². The van der Waals surface area contributed by atoms with Crippen molar-refractivity contribution in [3.8, 4) is 0 Å². The van der Waals surface area contributed by atoms with Crippen molar-refractivity contribution in [1.82, 2.24) is 19.9 Å². The molecule has 0 unspecified atom stereocenters. The van der Waals surface area contributed by atoms with Crippen LogP contribution in [0.2, 0.25) is 0 Å². The number of anilines is 2. The summed E-state index contributed by atoms with van der Waals surface area (Å²) in [5, 5.41) is 0.554. The van der Waals surface area contributed by atoms with E-state index in [0.29, 0.717) is 16.8 Å². The molecule has 0 aliphatic carbocycles. The molecule has 96 valence electrons. The fraction of sp³-hybridized carbons (Fsp3) is 0.0909. The minimum absolute atomic E-state index is 0.112. The largest absolute Gasteiger partial charge is 0.431 e. The van der Waals surface area contributed by atoms with Crippen LogP contribution in [0.5, 0.6) is 0 Å². The van der Waals surface area contributed by atoms with Gasteiger partial charge in [-0.15, -0.1) is 0 Å². The predicted molar refractivity (Wildman–Crippen MR) is 72.2 cm³/mol. The van der Waals surface area contributed by atoms with E-state index in [4.69, 9.17) is 15.9 Å². The molecule has 4 N–H and O–H groups in total. The van der Waals surface area contributed by atoms with Gasteiger partial charge in [-0.2, -0.15) is 15.0 Å². The summed E-state index contributed by atoms with van der Waals surface area (Å²) in [4.78, 5) is 16.0. The highest BCUT2D eigenvalue weighted by Gasteiger charge is 2.08. The van der Waals surface area contributed by atoms with Gasteiger partial charge in [-0.25, -0.2) is 4.98 Å². The highest BCUT2D eigenvalue weighted by molar-refractivity contribution is 7.98. The van der Waals surface area contributed by atoms with Crippen LogP contribution in [0.25, 0.3) is 11.1 Å². The molecule has 0 aliphatic heterocycles. The first-order chi connectivity index (χ1) is 9.20. The number of fused-ring (bicyclic) bond motifs is 1. The molecule has 8 heteroatoms. The van der Waals surface area contributed by atoms with Crippen LogP contribution in [-0.4, -0.2) is 19.9 Å². The number of para-hydroxylation sites is 2. The number of nitrogens with zero attached hydrogens (tertiary/aromatic N) is 4. The Bertz CT molecular complexity index is 675. The third kappa shape index (κ3) is 2.58. The molecule has 19 heavy (non-hydrogen) atoms. The summed E-state index contributed by atoms with van der Waals surface area (Å²) in [6, 6.07) is 7.56. The maximum atomic E-state index is 5.57. The Morgan fingerprint density at radius 1 is 1.00 bits per heavy atom. The first kappa shape index (κ1) is 11.7. The Morgan fingerprint density at radius 2 is 1.74 bits per heavy atom. The van der Waals surface area contributed by atoms with Crippen LogP contribution in [0.15, 0.2) is 33.9 Å². The lowest BCUT2D eigenvalue weighted by molar-refractivity contribution is 0.489. The second-order valence-corrected chi connectivity index (χ2v) is 4.63. The molecule has 0 fully saturated rings. The average Bonchev–Trinajstić information content (AvgIpc) is 2.78. The molecule has 0 saturated heterocycles. The summed E-state index contributed by atoms with van der Waals surface area (Å²) in [5.74, 6) is 1.18. The van der Waals surface area contributed by atoms with Gasteiger partial charge in [-0.3, -0.25) is 0 Å². The quantitative estimate of drug-likeness (QED) is 0.689. The van der Waals surface area contributed by atoms with Crippen molar-refractivity contribution in [1.29, 1.82) is 0 Å². The maximum Gasteiger partial charge on any atom is 0.257 e. The lowest BCUT2D eigenvalue weighted by Crippen LogP contribution is -2.05. The fourth-order valence-corrected chi connectivity index (χ4v) is 2.25. The third-order valence-electron chi connectivity index (χ3n) is 2.32. The van der Waals surface area contributed by atoms with Crippen LogP contribution >= 0.6 is 11.8 Å². The molecule has 0 amide bonds. The number of hydrogen-bond acceptors (Lipinski definition) is 8. The van der Waals surface area contributed by atoms with Crippen LogP contribution in [-0.2, 0) is 5.75 Å². The van der Waals surface area contributed by atoms with Gasteiger partial charge in [0.1, 0.15) is 11.3 Å². The van der Waals surface area contributed by atoms with Gasteiger partial charge in [0, 0.05) is 0 Å². The van der Waals surface area contributed by atoms with Gasteiger partial charge in [-0.05, 0) is 12.1 Å². The van der Waals surface area contributed by atoms with E-state index in [2.05, 4.69) is 19.9 Å². The topological polar surface area (TPSA) is 117 Å². The van der Waals surface area contributed by atoms with E-state index in [1.807, 2.05) is 24.3 Å². The Morgan fingerprint density at radius 3 is 2.47 bits per heavy atom. The summed E-state index contributed by atoms with van der Waals surface area (Å²) in [6.07, 6.45) is 0. The molecule has 7 nitrogen and oxygen atoms in total. The standard InChI is InChI=1S/C11H10N6OS/c12-9-15-8(16-10(13)17-9)5-19-11-14-6-3-1-2-4-7(6)18-11/h1-4H,5H2,(H4,12,13,15,16,17). The predicted octanol–water partition coefficient (Wildman–Crippen LogP) is 1.47. The molecule has 0 aliphatic rings. The van der Waals surface area contributed by atoms with Gasteiger partial charge < -0.3 is 15.9 Å². The average molecular weight is 274 g/mol. The van der Waals surface area contributed by atoms with Crippen molar-refractivity contribution >= 4 is 34.8 Å². The van der Waals surface area contributed by atoms with E-state index in [9.17, 15) is 0 Å². The van der Waals surface area contributed by atoms with Gasteiger partial charge >= 0.3 is 0 Å². The van der Waals surface area contributed by atoms with E-state index < -0.39 is 0 Å². The van der Waals surface area contributed by atoms with Crippen LogP contribution in [0.3, 0.4) is 0 Å². The van der Waals surface area contributed by atoms with Gasteiger partial charge in [0.05, 0.1) is 5.75 Å². The zero-order valence-corrected chi connectivity index (χ0v) is 10.6. The normalized spacial score (nSPS) is 10.9. The van der Waals surface area contributed by atoms with Crippen LogP contribution < -0.4 is 11.5 Å². The van der Waals surface area contributed by atoms with Crippen molar-refractivity contribution in [2.75, 3.05) is 11.5 Å². The van der Waals surface area contributed by atoms with Gasteiger partial charge in [0.2, 0.25) is 11.9 Å².